The van der Waals surface area contributed by atoms with Crippen molar-refractivity contribution in [2.75, 3.05) is 0 Å². The zero-order valence-electron chi connectivity index (χ0n) is 11.9. The van der Waals surface area contributed by atoms with Crippen molar-refractivity contribution in [1.29, 1.82) is 0 Å². The highest BCUT2D eigenvalue weighted by Gasteiger charge is 2.10. The van der Waals surface area contributed by atoms with Crippen LogP contribution in [0.5, 0.6) is 0 Å². The molecule has 2 aromatic rings. The Kier molecular flexibility index (Phi) is 4.32. The van der Waals surface area contributed by atoms with Crippen molar-refractivity contribution in [2.45, 2.75) is 45.6 Å². The Morgan fingerprint density at radius 2 is 2.11 bits per heavy atom. The molecule has 0 amide bonds. The first-order chi connectivity index (χ1) is 9.11. The van der Waals surface area contributed by atoms with E-state index in [0.717, 1.165) is 24.2 Å². The molecule has 0 fully saturated rings. The van der Waals surface area contributed by atoms with Crippen molar-refractivity contribution in [2.24, 2.45) is 5.73 Å². The minimum atomic E-state index is -0.0213. The first-order valence-electron chi connectivity index (χ1n) is 6.90. The summed E-state index contributed by atoms with van der Waals surface area (Å²) < 4.78 is 1.80. The van der Waals surface area contributed by atoms with Gasteiger partial charge in [-0.05, 0) is 30.0 Å². The van der Waals surface area contributed by atoms with Crippen molar-refractivity contribution in [3.8, 4) is 5.69 Å². The van der Waals surface area contributed by atoms with E-state index in [1.54, 1.807) is 4.68 Å². The highest BCUT2D eigenvalue weighted by molar-refractivity contribution is 5.36. The van der Waals surface area contributed by atoms with Crippen LogP contribution in [0.3, 0.4) is 0 Å². The Balaban J connectivity index is 2.25. The van der Waals surface area contributed by atoms with Gasteiger partial charge in [0.25, 0.3) is 0 Å². The molecule has 4 heteroatoms. The number of hydrogen-bond donors (Lipinski definition) is 1. The number of nitrogens with zero attached hydrogens (tertiary/aromatic N) is 3. The van der Waals surface area contributed by atoms with Crippen molar-refractivity contribution in [1.82, 2.24) is 15.0 Å². The highest BCUT2D eigenvalue weighted by atomic mass is 15.4. The van der Waals surface area contributed by atoms with E-state index in [2.05, 4.69) is 49.3 Å². The van der Waals surface area contributed by atoms with E-state index in [1.165, 1.54) is 5.56 Å². The van der Waals surface area contributed by atoms with Gasteiger partial charge in [0.15, 0.2) is 0 Å². The second-order valence-corrected chi connectivity index (χ2v) is 5.23. The third-order valence-electron chi connectivity index (χ3n) is 3.29. The maximum absolute atomic E-state index is 6.06. The molecule has 0 spiro atoms. The molecule has 4 nitrogen and oxygen atoms in total. The normalized spacial score (nSPS) is 12.9. The first-order valence-corrected chi connectivity index (χ1v) is 6.90. The lowest BCUT2D eigenvalue weighted by Gasteiger charge is -2.07. The van der Waals surface area contributed by atoms with Crippen molar-refractivity contribution in [3.63, 3.8) is 0 Å². The van der Waals surface area contributed by atoms with Gasteiger partial charge < -0.3 is 5.73 Å². The molecule has 0 radical (unpaired) electrons. The molecule has 1 aromatic heterocycles. The van der Waals surface area contributed by atoms with Gasteiger partial charge in [0.2, 0.25) is 0 Å². The average molecular weight is 258 g/mol. The number of hydrogen-bond acceptors (Lipinski definition) is 3. The first kappa shape index (κ1) is 13.7. The lowest BCUT2D eigenvalue weighted by atomic mass is 10.0. The van der Waals surface area contributed by atoms with E-state index < -0.39 is 0 Å². The van der Waals surface area contributed by atoms with Crippen LogP contribution in [0.1, 0.15) is 56.8 Å². The van der Waals surface area contributed by atoms with E-state index in [9.17, 15) is 0 Å². The molecule has 0 aliphatic rings. The Morgan fingerprint density at radius 3 is 2.79 bits per heavy atom. The number of benzene rings is 1. The quantitative estimate of drug-likeness (QED) is 0.896. The van der Waals surface area contributed by atoms with Crippen LogP contribution in [0.15, 0.2) is 30.5 Å². The standard InChI is InChI=1S/C15H22N4/c1-4-6-14(16)15-10-19(18-17-15)13-8-5-7-12(9-13)11(2)3/h5,7-11,14H,4,6,16H2,1-3H3. The molecule has 0 saturated heterocycles. The smallest absolute Gasteiger partial charge is 0.0998 e. The Bertz CT molecular complexity index is 530. The van der Waals surface area contributed by atoms with Gasteiger partial charge in [-0.3, -0.25) is 0 Å². The maximum atomic E-state index is 6.06. The lowest BCUT2D eigenvalue weighted by Crippen LogP contribution is -2.10. The van der Waals surface area contributed by atoms with Gasteiger partial charge in [0.1, 0.15) is 0 Å². The molecule has 1 heterocycles. The summed E-state index contributed by atoms with van der Waals surface area (Å²) in [6.45, 7) is 6.49. The lowest BCUT2D eigenvalue weighted by molar-refractivity contribution is 0.619. The van der Waals surface area contributed by atoms with Gasteiger partial charge in [0.05, 0.1) is 23.6 Å². The van der Waals surface area contributed by atoms with E-state index in [0.29, 0.717) is 5.92 Å². The Hall–Kier alpha value is -1.68. The minimum Gasteiger partial charge on any atom is -0.323 e. The molecule has 2 rings (SSSR count). The molecule has 102 valence electrons. The van der Waals surface area contributed by atoms with Crippen molar-refractivity contribution >= 4 is 0 Å². The van der Waals surface area contributed by atoms with Gasteiger partial charge in [-0.1, -0.05) is 44.5 Å². The summed E-state index contributed by atoms with van der Waals surface area (Å²) in [5.41, 5.74) is 9.25. The fourth-order valence-electron chi connectivity index (χ4n) is 2.06. The summed E-state index contributed by atoms with van der Waals surface area (Å²) in [7, 11) is 0. The van der Waals surface area contributed by atoms with E-state index >= 15 is 0 Å². The van der Waals surface area contributed by atoms with Crippen LogP contribution < -0.4 is 5.73 Å². The molecule has 0 saturated carbocycles. The number of rotatable bonds is 5. The Morgan fingerprint density at radius 1 is 1.32 bits per heavy atom. The van der Waals surface area contributed by atoms with Crippen LogP contribution in [0.25, 0.3) is 5.69 Å². The molecular formula is C15H22N4. The van der Waals surface area contributed by atoms with E-state index in [1.807, 2.05) is 12.3 Å². The largest absolute Gasteiger partial charge is 0.323 e. The molecular weight excluding hydrogens is 236 g/mol. The summed E-state index contributed by atoms with van der Waals surface area (Å²) in [4.78, 5) is 0. The van der Waals surface area contributed by atoms with Crippen molar-refractivity contribution < 1.29 is 0 Å². The van der Waals surface area contributed by atoms with Crippen LogP contribution in [0, 0.1) is 0 Å². The maximum Gasteiger partial charge on any atom is 0.0998 e. The zero-order chi connectivity index (χ0) is 13.8. The molecule has 0 aliphatic heterocycles. The summed E-state index contributed by atoms with van der Waals surface area (Å²) in [6, 6.07) is 8.35. The van der Waals surface area contributed by atoms with Gasteiger partial charge >= 0.3 is 0 Å². The second kappa shape index (κ2) is 5.97. The Labute approximate surface area is 114 Å². The topological polar surface area (TPSA) is 56.7 Å². The van der Waals surface area contributed by atoms with E-state index in [-0.39, 0.29) is 6.04 Å². The molecule has 1 unspecified atom stereocenters. The summed E-state index contributed by atoms with van der Waals surface area (Å²) in [6.07, 6.45) is 3.92. The predicted octanol–water partition coefficient (Wildman–Crippen LogP) is 3.19. The summed E-state index contributed by atoms with van der Waals surface area (Å²) in [5, 5.41) is 8.35. The summed E-state index contributed by atoms with van der Waals surface area (Å²) >= 11 is 0. The highest BCUT2D eigenvalue weighted by Crippen LogP contribution is 2.19. The van der Waals surface area contributed by atoms with Gasteiger partial charge in [-0.15, -0.1) is 5.10 Å². The van der Waals surface area contributed by atoms with Crippen LogP contribution in [-0.4, -0.2) is 15.0 Å². The van der Waals surface area contributed by atoms with Crippen molar-refractivity contribution in [3.05, 3.63) is 41.7 Å². The number of nitrogens with two attached hydrogens (primary N) is 1. The zero-order valence-corrected chi connectivity index (χ0v) is 11.9. The molecule has 0 bridgehead atoms. The van der Waals surface area contributed by atoms with Crippen LogP contribution in [0.4, 0.5) is 0 Å². The fourth-order valence-corrected chi connectivity index (χ4v) is 2.06. The monoisotopic (exact) mass is 258 g/mol. The molecule has 19 heavy (non-hydrogen) atoms. The fraction of sp³-hybridized carbons (Fsp3) is 0.467. The molecule has 0 aliphatic carbocycles. The molecule has 1 atom stereocenters. The van der Waals surface area contributed by atoms with Crippen LogP contribution in [0.2, 0.25) is 0 Å². The predicted molar refractivity (Wildman–Crippen MR) is 77.3 cm³/mol. The summed E-state index contributed by atoms with van der Waals surface area (Å²) in [5.74, 6) is 0.505. The SMILES string of the molecule is CCCC(N)c1cn(-c2cccc(C(C)C)c2)nn1. The second-order valence-electron chi connectivity index (χ2n) is 5.23. The average Bonchev–Trinajstić information content (AvgIpc) is 2.89. The van der Waals surface area contributed by atoms with Gasteiger partial charge in [-0.25, -0.2) is 4.68 Å². The van der Waals surface area contributed by atoms with Gasteiger partial charge in [0, 0.05) is 0 Å². The minimum absolute atomic E-state index is 0.0213. The third kappa shape index (κ3) is 3.20. The molecule has 2 N–H and O–H groups in total. The van der Waals surface area contributed by atoms with Gasteiger partial charge in [-0.2, -0.15) is 0 Å². The van der Waals surface area contributed by atoms with Crippen LogP contribution >= 0.6 is 0 Å². The molecule has 1 aromatic carbocycles. The van der Waals surface area contributed by atoms with Crippen LogP contribution in [-0.2, 0) is 0 Å². The third-order valence-corrected chi connectivity index (χ3v) is 3.29. The van der Waals surface area contributed by atoms with E-state index in [4.69, 9.17) is 5.73 Å². The number of aromatic nitrogens is 3.